The predicted molar refractivity (Wildman–Crippen MR) is 73.1 cm³/mol. The molecular formula is C12H19BrN4. The van der Waals surface area contributed by atoms with Crippen LogP contribution in [0.15, 0.2) is 17.0 Å². The molecule has 1 fully saturated rings. The lowest BCUT2D eigenvalue weighted by Crippen LogP contribution is -2.36. The van der Waals surface area contributed by atoms with E-state index >= 15 is 0 Å². The molecule has 0 spiro atoms. The molecule has 2 rings (SSSR count). The van der Waals surface area contributed by atoms with E-state index in [9.17, 15) is 0 Å². The Hall–Kier alpha value is -0.680. The zero-order chi connectivity index (χ0) is 12.1. The first-order valence-corrected chi connectivity index (χ1v) is 6.96. The third kappa shape index (κ3) is 3.92. The van der Waals surface area contributed by atoms with Crippen LogP contribution in [0.1, 0.15) is 19.8 Å². The number of piperidine rings is 1. The first-order chi connectivity index (χ1) is 8.25. The number of rotatable bonds is 4. The Morgan fingerprint density at radius 3 is 2.94 bits per heavy atom. The Labute approximate surface area is 111 Å². The van der Waals surface area contributed by atoms with Crippen molar-refractivity contribution in [3.63, 3.8) is 0 Å². The summed E-state index contributed by atoms with van der Waals surface area (Å²) in [6.45, 7) is 6.82. The van der Waals surface area contributed by atoms with Gasteiger partial charge in [0.15, 0.2) is 0 Å². The second kappa shape index (κ2) is 6.31. The average Bonchev–Trinajstić information content (AvgIpc) is 2.34. The van der Waals surface area contributed by atoms with Crippen LogP contribution in [-0.4, -0.2) is 41.0 Å². The average molecular weight is 299 g/mol. The van der Waals surface area contributed by atoms with E-state index in [1.54, 1.807) is 12.5 Å². The highest BCUT2D eigenvalue weighted by Gasteiger charge is 2.14. The van der Waals surface area contributed by atoms with Gasteiger partial charge in [-0.15, -0.1) is 0 Å². The number of anilines is 1. The summed E-state index contributed by atoms with van der Waals surface area (Å²) in [6.07, 6.45) is 5.99. The molecule has 1 aliphatic rings. The molecule has 1 N–H and O–H groups in total. The Morgan fingerprint density at radius 2 is 2.24 bits per heavy atom. The van der Waals surface area contributed by atoms with Crippen LogP contribution in [-0.2, 0) is 0 Å². The lowest BCUT2D eigenvalue weighted by Gasteiger charge is -2.30. The number of hydrogen-bond acceptors (Lipinski definition) is 4. The van der Waals surface area contributed by atoms with Gasteiger partial charge in [0, 0.05) is 19.3 Å². The minimum absolute atomic E-state index is 0.880. The highest BCUT2D eigenvalue weighted by Crippen LogP contribution is 2.17. The van der Waals surface area contributed by atoms with Crippen molar-refractivity contribution in [1.29, 1.82) is 0 Å². The molecule has 94 valence electrons. The second-order valence-electron chi connectivity index (χ2n) is 4.67. The van der Waals surface area contributed by atoms with Crippen LogP contribution in [0.3, 0.4) is 0 Å². The fraction of sp³-hybridized carbons (Fsp3) is 0.667. The van der Waals surface area contributed by atoms with Gasteiger partial charge in [-0.1, -0.05) is 6.92 Å². The maximum atomic E-state index is 4.19. The Kier molecular flexibility index (Phi) is 4.74. The summed E-state index contributed by atoms with van der Waals surface area (Å²) < 4.78 is 0.923. The van der Waals surface area contributed by atoms with Gasteiger partial charge in [0.2, 0.25) is 0 Å². The third-order valence-corrected chi connectivity index (χ3v) is 3.84. The third-order valence-electron chi connectivity index (χ3n) is 3.26. The molecule has 0 unspecified atom stereocenters. The Morgan fingerprint density at radius 1 is 1.47 bits per heavy atom. The summed E-state index contributed by atoms with van der Waals surface area (Å²) in [7, 11) is 0. The molecule has 0 radical (unpaired) electrons. The molecule has 5 heteroatoms. The van der Waals surface area contributed by atoms with Crippen molar-refractivity contribution in [1.82, 2.24) is 14.9 Å². The number of nitrogens with one attached hydrogen (secondary N) is 1. The number of nitrogens with zero attached hydrogens (tertiary/aromatic N) is 3. The van der Waals surface area contributed by atoms with Crippen LogP contribution in [0.4, 0.5) is 5.82 Å². The largest absolute Gasteiger partial charge is 0.368 e. The van der Waals surface area contributed by atoms with E-state index < -0.39 is 0 Å². The Balaban J connectivity index is 1.71. The van der Waals surface area contributed by atoms with Crippen molar-refractivity contribution in [2.45, 2.75) is 19.8 Å². The molecule has 1 aromatic heterocycles. The molecule has 0 amide bonds. The minimum Gasteiger partial charge on any atom is -0.368 e. The smallest absolute Gasteiger partial charge is 0.143 e. The lowest BCUT2D eigenvalue weighted by atomic mass is 9.99. The van der Waals surface area contributed by atoms with E-state index in [1.807, 2.05) is 0 Å². The number of halogens is 1. The SMILES string of the molecule is CC1CCN(CCNc2ncncc2Br)CC1. The molecular weight excluding hydrogens is 280 g/mol. The van der Waals surface area contributed by atoms with Crippen molar-refractivity contribution in [3.05, 3.63) is 17.0 Å². The highest BCUT2D eigenvalue weighted by atomic mass is 79.9. The van der Waals surface area contributed by atoms with Crippen molar-refractivity contribution in [2.24, 2.45) is 5.92 Å². The van der Waals surface area contributed by atoms with Crippen LogP contribution in [0, 0.1) is 5.92 Å². The van der Waals surface area contributed by atoms with Gasteiger partial charge in [-0.2, -0.15) is 0 Å². The standard InChI is InChI=1S/C12H19BrN4/c1-10-2-5-17(6-3-10)7-4-15-12-11(13)8-14-9-16-12/h8-10H,2-7H2,1H3,(H,14,15,16). The molecule has 1 saturated heterocycles. The molecule has 0 atom stereocenters. The Bertz CT molecular complexity index is 350. The van der Waals surface area contributed by atoms with Crippen LogP contribution in [0.5, 0.6) is 0 Å². The second-order valence-corrected chi connectivity index (χ2v) is 5.52. The molecule has 1 aliphatic heterocycles. The molecule has 1 aromatic rings. The maximum absolute atomic E-state index is 4.19. The number of aromatic nitrogens is 2. The summed E-state index contributed by atoms with van der Waals surface area (Å²) in [5, 5.41) is 3.33. The van der Waals surface area contributed by atoms with Crippen LogP contribution in [0.2, 0.25) is 0 Å². The highest BCUT2D eigenvalue weighted by molar-refractivity contribution is 9.10. The summed E-state index contributed by atoms with van der Waals surface area (Å²) in [5.41, 5.74) is 0. The minimum atomic E-state index is 0.880. The van der Waals surface area contributed by atoms with E-state index in [0.29, 0.717) is 0 Å². The van der Waals surface area contributed by atoms with Gasteiger partial charge in [-0.05, 0) is 47.8 Å². The topological polar surface area (TPSA) is 41.0 Å². The molecule has 4 nitrogen and oxygen atoms in total. The monoisotopic (exact) mass is 298 g/mol. The molecule has 0 aromatic carbocycles. The molecule has 2 heterocycles. The number of likely N-dealkylation sites (tertiary alicyclic amines) is 1. The molecule has 17 heavy (non-hydrogen) atoms. The van der Waals surface area contributed by atoms with E-state index in [4.69, 9.17) is 0 Å². The van der Waals surface area contributed by atoms with Crippen LogP contribution < -0.4 is 5.32 Å². The van der Waals surface area contributed by atoms with Crippen molar-refractivity contribution in [3.8, 4) is 0 Å². The van der Waals surface area contributed by atoms with Gasteiger partial charge in [0.25, 0.3) is 0 Å². The quantitative estimate of drug-likeness (QED) is 0.927. The van der Waals surface area contributed by atoms with E-state index in [0.717, 1.165) is 29.3 Å². The van der Waals surface area contributed by atoms with Gasteiger partial charge in [-0.3, -0.25) is 0 Å². The van der Waals surface area contributed by atoms with Gasteiger partial charge in [0.1, 0.15) is 12.1 Å². The fourth-order valence-corrected chi connectivity index (χ4v) is 2.42. The van der Waals surface area contributed by atoms with E-state index in [-0.39, 0.29) is 0 Å². The predicted octanol–water partition coefficient (Wildman–Crippen LogP) is 2.38. The molecule has 0 bridgehead atoms. The van der Waals surface area contributed by atoms with Gasteiger partial charge in [0.05, 0.1) is 4.47 Å². The van der Waals surface area contributed by atoms with Crippen LogP contribution >= 0.6 is 15.9 Å². The van der Waals surface area contributed by atoms with Gasteiger partial charge < -0.3 is 10.2 Å². The fourth-order valence-electron chi connectivity index (χ4n) is 2.06. The molecule has 0 aliphatic carbocycles. The lowest BCUT2D eigenvalue weighted by molar-refractivity contribution is 0.199. The van der Waals surface area contributed by atoms with Crippen molar-refractivity contribution >= 4 is 21.7 Å². The summed E-state index contributed by atoms with van der Waals surface area (Å²) in [4.78, 5) is 10.6. The molecule has 0 saturated carbocycles. The van der Waals surface area contributed by atoms with Crippen LogP contribution in [0.25, 0.3) is 0 Å². The zero-order valence-electron chi connectivity index (χ0n) is 10.2. The van der Waals surface area contributed by atoms with Gasteiger partial charge >= 0.3 is 0 Å². The number of hydrogen-bond donors (Lipinski definition) is 1. The van der Waals surface area contributed by atoms with E-state index in [2.05, 4.69) is 43.0 Å². The normalized spacial score (nSPS) is 18.2. The zero-order valence-corrected chi connectivity index (χ0v) is 11.8. The maximum Gasteiger partial charge on any atom is 0.143 e. The summed E-state index contributed by atoms with van der Waals surface area (Å²) in [6, 6.07) is 0. The summed E-state index contributed by atoms with van der Waals surface area (Å²) >= 11 is 3.43. The first kappa shape index (κ1) is 12.8. The van der Waals surface area contributed by atoms with Crippen molar-refractivity contribution in [2.75, 3.05) is 31.5 Å². The van der Waals surface area contributed by atoms with Gasteiger partial charge in [-0.25, -0.2) is 9.97 Å². The van der Waals surface area contributed by atoms with E-state index in [1.165, 1.54) is 25.9 Å². The van der Waals surface area contributed by atoms with Crippen molar-refractivity contribution < 1.29 is 0 Å². The summed E-state index contributed by atoms with van der Waals surface area (Å²) in [5.74, 6) is 1.78. The first-order valence-electron chi connectivity index (χ1n) is 6.17.